The molecule has 3 rings (SSSR count). The Bertz CT molecular complexity index is 775. The first-order valence-electron chi connectivity index (χ1n) is 8.46. The number of benzene rings is 2. The van der Waals surface area contributed by atoms with Crippen molar-refractivity contribution in [3.8, 4) is 11.1 Å². The number of alkyl carbamates (subject to hydrolysis) is 1. The summed E-state index contributed by atoms with van der Waals surface area (Å²) < 4.78 is 5.41. The third-order valence-corrected chi connectivity index (χ3v) is 4.63. The molecule has 0 bridgehead atoms. The molecule has 0 saturated heterocycles. The highest BCUT2D eigenvalue weighted by atomic mass is 16.7. The van der Waals surface area contributed by atoms with Crippen LogP contribution in [0.4, 0.5) is 4.79 Å². The van der Waals surface area contributed by atoms with Crippen molar-refractivity contribution >= 4 is 12.0 Å². The van der Waals surface area contributed by atoms with Gasteiger partial charge >= 0.3 is 6.09 Å². The fraction of sp³-hybridized carbons (Fsp3) is 0.300. The van der Waals surface area contributed by atoms with Crippen LogP contribution in [-0.4, -0.2) is 43.9 Å². The van der Waals surface area contributed by atoms with E-state index >= 15 is 0 Å². The van der Waals surface area contributed by atoms with E-state index < -0.39 is 12.1 Å². The summed E-state index contributed by atoms with van der Waals surface area (Å²) in [6.45, 7) is 1.79. The molecule has 6 heteroatoms. The number of hydrogen-bond acceptors (Lipinski definition) is 4. The van der Waals surface area contributed by atoms with E-state index in [1.807, 2.05) is 24.3 Å². The van der Waals surface area contributed by atoms with Crippen LogP contribution < -0.4 is 5.32 Å². The molecule has 1 atom stereocenters. The van der Waals surface area contributed by atoms with Gasteiger partial charge < -0.3 is 10.1 Å². The van der Waals surface area contributed by atoms with Crippen molar-refractivity contribution in [1.82, 2.24) is 10.4 Å². The minimum Gasteiger partial charge on any atom is -0.449 e. The van der Waals surface area contributed by atoms with E-state index in [2.05, 4.69) is 29.6 Å². The minimum absolute atomic E-state index is 0.0131. The summed E-state index contributed by atoms with van der Waals surface area (Å²) in [6.07, 6.45) is -0.628. The Hall–Kier alpha value is -2.86. The Labute approximate surface area is 152 Å². The predicted octanol–water partition coefficient (Wildman–Crippen LogP) is 2.93. The Morgan fingerprint density at radius 3 is 2.15 bits per heavy atom. The van der Waals surface area contributed by atoms with Gasteiger partial charge in [-0.05, 0) is 29.2 Å². The molecule has 1 aliphatic rings. The summed E-state index contributed by atoms with van der Waals surface area (Å²) in [5.41, 5.74) is 4.62. The number of ether oxygens (including phenoxy) is 1. The molecule has 0 saturated carbocycles. The van der Waals surface area contributed by atoms with Crippen LogP contribution in [0.15, 0.2) is 48.5 Å². The van der Waals surface area contributed by atoms with Crippen molar-refractivity contribution in [3.05, 3.63) is 59.7 Å². The number of amides is 2. The van der Waals surface area contributed by atoms with Gasteiger partial charge in [0, 0.05) is 13.0 Å². The quantitative estimate of drug-likeness (QED) is 0.839. The molecule has 1 N–H and O–H groups in total. The molecule has 0 radical (unpaired) electrons. The maximum atomic E-state index is 12.1. The van der Waals surface area contributed by atoms with E-state index in [1.54, 1.807) is 6.92 Å². The maximum absolute atomic E-state index is 12.1. The summed E-state index contributed by atoms with van der Waals surface area (Å²) in [7, 11) is 2.87. The van der Waals surface area contributed by atoms with Crippen LogP contribution in [0.1, 0.15) is 24.0 Å². The second kappa shape index (κ2) is 7.58. The van der Waals surface area contributed by atoms with Gasteiger partial charge in [0.05, 0.1) is 7.11 Å². The minimum atomic E-state index is -0.740. The highest BCUT2D eigenvalue weighted by Crippen LogP contribution is 2.44. The van der Waals surface area contributed by atoms with Crippen LogP contribution in [0.3, 0.4) is 0 Å². The van der Waals surface area contributed by atoms with E-state index in [0.717, 1.165) is 16.2 Å². The largest absolute Gasteiger partial charge is 0.449 e. The van der Waals surface area contributed by atoms with E-state index in [1.165, 1.54) is 25.3 Å². The van der Waals surface area contributed by atoms with Gasteiger partial charge in [-0.25, -0.2) is 9.86 Å². The topological polar surface area (TPSA) is 67.9 Å². The van der Waals surface area contributed by atoms with Crippen LogP contribution in [0, 0.1) is 0 Å². The highest BCUT2D eigenvalue weighted by molar-refractivity contribution is 5.84. The molecule has 0 aromatic heterocycles. The van der Waals surface area contributed by atoms with Crippen LogP contribution in [0.5, 0.6) is 0 Å². The van der Waals surface area contributed by atoms with Crippen LogP contribution in [0.25, 0.3) is 11.1 Å². The van der Waals surface area contributed by atoms with Gasteiger partial charge in [-0.3, -0.25) is 9.63 Å². The molecular weight excluding hydrogens is 332 g/mol. The lowest BCUT2D eigenvalue weighted by Gasteiger charge is -2.20. The molecule has 0 aliphatic heterocycles. The first-order chi connectivity index (χ1) is 12.5. The summed E-state index contributed by atoms with van der Waals surface area (Å²) in [5, 5.41) is 3.60. The molecule has 2 amide bonds. The van der Waals surface area contributed by atoms with Crippen molar-refractivity contribution in [3.63, 3.8) is 0 Å². The van der Waals surface area contributed by atoms with Crippen LogP contribution >= 0.6 is 0 Å². The van der Waals surface area contributed by atoms with Gasteiger partial charge in [0.15, 0.2) is 0 Å². The van der Waals surface area contributed by atoms with Crippen LogP contribution in [0.2, 0.25) is 0 Å². The van der Waals surface area contributed by atoms with Crippen molar-refractivity contribution < 1.29 is 19.2 Å². The molecule has 0 unspecified atom stereocenters. The third kappa shape index (κ3) is 3.41. The average Bonchev–Trinajstić information content (AvgIpc) is 2.99. The Morgan fingerprint density at radius 2 is 1.62 bits per heavy atom. The van der Waals surface area contributed by atoms with E-state index in [9.17, 15) is 9.59 Å². The van der Waals surface area contributed by atoms with Crippen molar-refractivity contribution in [2.24, 2.45) is 0 Å². The Kier molecular flexibility index (Phi) is 5.23. The first-order valence-corrected chi connectivity index (χ1v) is 8.46. The fourth-order valence-corrected chi connectivity index (χ4v) is 3.24. The van der Waals surface area contributed by atoms with E-state index in [0.29, 0.717) is 0 Å². The zero-order valence-electron chi connectivity index (χ0n) is 15.1. The lowest BCUT2D eigenvalue weighted by molar-refractivity contribution is -0.170. The molecule has 0 heterocycles. The third-order valence-electron chi connectivity index (χ3n) is 4.63. The summed E-state index contributed by atoms with van der Waals surface area (Å²) in [4.78, 5) is 28.9. The molecule has 26 heavy (non-hydrogen) atoms. The number of likely N-dealkylation sites (N-methyl/N-ethyl adjacent to an activating group) is 1. The van der Waals surface area contributed by atoms with Gasteiger partial charge in [-0.15, -0.1) is 0 Å². The molecule has 2 aromatic rings. The Morgan fingerprint density at radius 1 is 1.08 bits per heavy atom. The molecule has 136 valence electrons. The van der Waals surface area contributed by atoms with Crippen LogP contribution in [-0.2, 0) is 14.4 Å². The number of carbonyl (C=O) groups excluding carboxylic acids is 2. The summed E-state index contributed by atoms with van der Waals surface area (Å²) >= 11 is 0. The monoisotopic (exact) mass is 354 g/mol. The molecule has 0 fully saturated rings. The molecule has 2 aromatic carbocycles. The second-order valence-electron chi connectivity index (χ2n) is 6.21. The molecule has 6 nitrogen and oxygen atoms in total. The lowest BCUT2D eigenvalue weighted by Crippen LogP contribution is -2.45. The lowest BCUT2D eigenvalue weighted by atomic mass is 9.98. The van der Waals surface area contributed by atoms with Crippen molar-refractivity contribution in [1.29, 1.82) is 0 Å². The normalized spacial score (nSPS) is 13.5. The predicted molar refractivity (Wildman–Crippen MR) is 97.4 cm³/mol. The average molecular weight is 354 g/mol. The van der Waals surface area contributed by atoms with Gasteiger partial charge in [0.25, 0.3) is 5.91 Å². The number of nitrogens with one attached hydrogen (secondary N) is 1. The van der Waals surface area contributed by atoms with Gasteiger partial charge in [0.2, 0.25) is 0 Å². The van der Waals surface area contributed by atoms with E-state index in [-0.39, 0.29) is 18.4 Å². The number of rotatable bonds is 5. The zero-order valence-corrected chi connectivity index (χ0v) is 15.1. The molecule has 0 spiro atoms. The zero-order chi connectivity index (χ0) is 18.7. The number of fused-ring (bicyclic) bond motifs is 3. The van der Waals surface area contributed by atoms with E-state index in [4.69, 9.17) is 9.57 Å². The van der Waals surface area contributed by atoms with Gasteiger partial charge in [0.1, 0.15) is 12.6 Å². The van der Waals surface area contributed by atoms with Gasteiger partial charge in [-0.1, -0.05) is 48.5 Å². The highest BCUT2D eigenvalue weighted by Gasteiger charge is 2.29. The second-order valence-corrected chi connectivity index (χ2v) is 6.21. The smallest absolute Gasteiger partial charge is 0.407 e. The van der Waals surface area contributed by atoms with Crippen molar-refractivity contribution in [2.45, 2.75) is 18.9 Å². The number of nitrogens with zero attached hydrogens (tertiary/aromatic N) is 1. The Balaban J connectivity index is 1.67. The first kappa shape index (κ1) is 17.9. The summed E-state index contributed by atoms with van der Waals surface area (Å²) in [5.74, 6) is -0.373. The van der Waals surface area contributed by atoms with Gasteiger partial charge in [-0.2, -0.15) is 0 Å². The number of hydrogen-bond donors (Lipinski definition) is 1. The SMILES string of the molecule is CON(C)C(=O)[C@@H](C)NC(=O)OCC1c2ccccc2-c2ccccc21. The fourth-order valence-electron chi connectivity index (χ4n) is 3.24. The number of carbonyl (C=O) groups is 2. The van der Waals surface area contributed by atoms with Crippen molar-refractivity contribution in [2.75, 3.05) is 20.8 Å². The molecular formula is C20H22N2O4. The summed E-state index contributed by atoms with van der Waals surface area (Å²) in [6, 6.07) is 15.5. The molecule has 1 aliphatic carbocycles. The standard InChI is InChI=1S/C20H22N2O4/c1-13(19(23)22(2)25-3)21-20(24)26-12-18-16-10-6-4-8-14(16)15-9-5-7-11-17(15)18/h4-11,13,18H,12H2,1-3H3,(H,21,24)/t13-/m1/s1. The number of hydroxylamine groups is 2. The maximum Gasteiger partial charge on any atom is 0.407 e.